The van der Waals surface area contributed by atoms with Crippen molar-refractivity contribution in [3.8, 4) is 0 Å². The van der Waals surface area contributed by atoms with Crippen LogP contribution in [0.2, 0.25) is 0 Å². The van der Waals surface area contributed by atoms with Gasteiger partial charge in [-0.05, 0) is 70.6 Å². The van der Waals surface area contributed by atoms with Crippen molar-refractivity contribution in [3.05, 3.63) is 0 Å². The van der Waals surface area contributed by atoms with Gasteiger partial charge in [-0.15, -0.1) is 0 Å². The van der Waals surface area contributed by atoms with Gasteiger partial charge in [-0.2, -0.15) is 0 Å². The summed E-state index contributed by atoms with van der Waals surface area (Å²) in [6.45, 7) is 18.7. The Hall–Kier alpha value is -0.0800. The highest BCUT2D eigenvalue weighted by molar-refractivity contribution is 4.65. The molecule has 0 rings (SSSR count). The molecule has 2 heteroatoms. The van der Waals surface area contributed by atoms with E-state index in [1.165, 1.54) is 51.9 Å². The van der Waals surface area contributed by atoms with Crippen molar-refractivity contribution in [2.24, 2.45) is 11.8 Å². The SMILES string of the molecule is CCN(CC)CCC(C)CCC(C)NCCC(C)C. The zero-order valence-corrected chi connectivity index (χ0v) is 14.3. The third-order valence-electron chi connectivity index (χ3n) is 4.14. The first-order valence-corrected chi connectivity index (χ1v) is 8.45. The lowest BCUT2D eigenvalue weighted by atomic mass is 9.98. The van der Waals surface area contributed by atoms with Crippen LogP contribution in [0.5, 0.6) is 0 Å². The molecule has 0 fully saturated rings. The average molecular weight is 271 g/mol. The minimum atomic E-state index is 0.676. The summed E-state index contributed by atoms with van der Waals surface area (Å²) in [7, 11) is 0. The fourth-order valence-electron chi connectivity index (χ4n) is 2.34. The van der Waals surface area contributed by atoms with Gasteiger partial charge in [0, 0.05) is 6.04 Å². The Balaban J connectivity index is 3.57. The lowest BCUT2D eigenvalue weighted by molar-refractivity contribution is 0.272. The van der Waals surface area contributed by atoms with E-state index in [9.17, 15) is 0 Å². The lowest BCUT2D eigenvalue weighted by Gasteiger charge is -2.21. The molecule has 0 amide bonds. The standard InChI is InChI=1S/C17H38N2/c1-7-19(8-2)14-12-16(5)9-10-17(6)18-13-11-15(3)4/h15-18H,7-14H2,1-6H3. The van der Waals surface area contributed by atoms with E-state index in [1.54, 1.807) is 0 Å². The van der Waals surface area contributed by atoms with Crippen LogP contribution in [-0.4, -0.2) is 37.1 Å². The van der Waals surface area contributed by atoms with E-state index in [2.05, 4.69) is 51.8 Å². The van der Waals surface area contributed by atoms with Crippen molar-refractivity contribution in [1.29, 1.82) is 0 Å². The molecule has 0 aromatic heterocycles. The third-order valence-corrected chi connectivity index (χ3v) is 4.14. The highest BCUT2D eigenvalue weighted by atomic mass is 15.1. The van der Waals surface area contributed by atoms with E-state index in [1.807, 2.05) is 0 Å². The molecule has 0 saturated carbocycles. The van der Waals surface area contributed by atoms with Crippen molar-refractivity contribution in [3.63, 3.8) is 0 Å². The monoisotopic (exact) mass is 270 g/mol. The topological polar surface area (TPSA) is 15.3 Å². The maximum Gasteiger partial charge on any atom is 0.00388 e. The highest BCUT2D eigenvalue weighted by Crippen LogP contribution is 2.13. The lowest BCUT2D eigenvalue weighted by Crippen LogP contribution is -2.29. The molecule has 0 spiro atoms. The average Bonchev–Trinajstić information content (AvgIpc) is 2.37. The van der Waals surface area contributed by atoms with E-state index in [0.717, 1.165) is 11.8 Å². The van der Waals surface area contributed by atoms with Crippen LogP contribution in [0.3, 0.4) is 0 Å². The Bertz CT molecular complexity index is 188. The Morgan fingerprint density at radius 3 is 2.00 bits per heavy atom. The minimum absolute atomic E-state index is 0.676. The molecule has 1 N–H and O–H groups in total. The number of rotatable bonds is 12. The van der Waals surface area contributed by atoms with E-state index in [0.29, 0.717) is 6.04 Å². The van der Waals surface area contributed by atoms with Crippen LogP contribution < -0.4 is 5.32 Å². The second-order valence-corrected chi connectivity index (χ2v) is 6.54. The van der Waals surface area contributed by atoms with Gasteiger partial charge in [-0.3, -0.25) is 0 Å². The van der Waals surface area contributed by atoms with E-state index >= 15 is 0 Å². The van der Waals surface area contributed by atoms with Crippen molar-refractivity contribution in [2.45, 2.75) is 73.3 Å². The van der Waals surface area contributed by atoms with Crippen LogP contribution in [0.1, 0.15) is 67.2 Å². The zero-order valence-electron chi connectivity index (χ0n) is 14.3. The molecule has 0 aromatic carbocycles. The van der Waals surface area contributed by atoms with Crippen LogP contribution in [-0.2, 0) is 0 Å². The molecule has 0 aliphatic carbocycles. The Morgan fingerprint density at radius 1 is 0.842 bits per heavy atom. The molecule has 0 saturated heterocycles. The normalized spacial score (nSPS) is 15.2. The zero-order chi connectivity index (χ0) is 14.7. The molecular weight excluding hydrogens is 232 g/mol. The third kappa shape index (κ3) is 11.4. The molecule has 0 heterocycles. The number of hydrogen-bond acceptors (Lipinski definition) is 2. The molecule has 2 unspecified atom stereocenters. The second kappa shape index (κ2) is 11.7. The van der Waals surface area contributed by atoms with Gasteiger partial charge in [0.1, 0.15) is 0 Å². The molecule has 0 aromatic rings. The molecular formula is C17H38N2. The largest absolute Gasteiger partial charge is 0.314 e. The van der Waals surface area contributed by atoms with Gasteiger partial charge in [0.05, 0.1) is 0 Å². The fraction of sp³-hybridized carbons (Fsp3) is 1.00. The number of nitrogens with one attached hydrogen (secondary N) is 1. The molecule has 2 nitrogen and oxygen atoms in total. The molecule has 19 heavy (non-hydrogen) atoms. The van der Waals surface area contributed by atoms with Crippen molar-refractivity contribution >= 4 is 0 Å². The summed E-state index contributed by atoms with van der Waals surface area (Å²) < 4.78 is 0. The molecule has 0 aliphatic rings. The van der Waals surface area contributed by atoms with Gasteiger partial charge >= 0.3 is 0 Å². The van der Waals surface area contributed by atoms with Crippen LogP contribution in [0.15, 0.2) is 0 Å². The van der Waals surface area contributed by atoms with Gasteiger partial charge < -0.3 is 10.2 Å². The summed E-state index contributed by atoms with van der Waals surface area (Å²) in [6, 6.07) is 0.676. The first-order chi connectivity index (χ1) is 8.99. The molecule has 0 bridgehead atoms. The quantitative estimate of drug-likeness (QED) is 0.573. The summed E-state index contributed by atoms with van der Waals surface area (Å²) in [6.07, 6.45) is 5.32. The number of hydrogen-bond donors (Lipinski definition) is 1. The van der Waals surface area contributed by atoms with E-state index in [4.69, 9.17) is 0 Å². The Morgan fingerprint density at radius 2 is 1.47 bits per heavy atom. The van der Waals surface area contributed by atoms with Crippen molar-refractivity contribution in [1.82, 2.24) is 10.2 Å². The van der Waals surface area contributed by atoms with E-state index < -0.39 is 0 Å². The summed E-state index contributed by atoms with van der Waals surface area (Å²) >= 11 is 0. The maximum atomic E-state index is 3.65. The van der Waals surface area contributed by atoms with Gasteiger partial charge in [0.15, 0.2) is 0 Å². The van der Waals surface area contributed by atoms with E-state index in [-0.39, 0.29) is 0 Å². The fourth-order valence-corrected chi connectivity index (χ4v) is 2.34. The predicted molar refractivity (Wildman–Crippen MR) is 87.7 cm³/mol. The first kappa shape index (κ1) is 18.9. The van der Waals surface area contributed by atoms with Gasteiger partial charge in [0.25, 0.3) is 0 Å². The Labute approximate surface area is 122 Å². The van der Waals surface area contributed by atoms with Crippen LogP contribution in [0, 0.1) is 11.8 Å². The van der Waals surface area contributed by atoms with Crippen LogP contribution in [0.4, 0.5) is 0 Å². The molecule has 0 radical (unpaired) electrons. The Kier molecular flexibility index (Phi) is 11.7. The first-order valence-electron chi connectivity index (χ1n) is 8.45. The molecule has 116 valence electrons. The molecule has 2 atom stereocenters. The summed E-state index contributed by atoms with van der Waals surface area (Å²) in [4.78, 5) is 2.53. The summed E-state index contributed by atoms with van der Waals surface area (Å²) in [5.41, 5.74) is 0. The van der Waals surface area contributed by atoms with Gasteiger partial charge in [-0.25, -0.2) is 0 Å². The smallest absolute Gasteiger partial charge is 0.00388 e. The molecule has 0 aliphatic heterocycles. The minimum Gasteiger partial charge on any atom is -0.314 e. The summed E-state index contributed by atoms with van der Waals surface area (Å²) in [5.74, 6) is 1.67. The highest BCUT2D eigenvalue weighted by Gasteiger charge is 2.08. The number of nitrogens with zero attached hydrogens (tertiary/aromatic N) is 1. The van der Waals surface area contributed by atoms with Gasteiger partial charge in [0.2, 0.25) is 0 Å². The van der Waals surface area contributed by atoms with Crippen molar-refractivity contribution in [2.75, 3.05) is 26.2 Å². The van der Waals surface area contributed by atoms with Crippen LogP contribution in [0.25, 0.3) is 0 Å². The van der Waals surface area contributed by atoms with Crippen LogP contribution >= 0.6 is 0 Å². The maximum absolute atomic E-state index is 3.65. The van der Waals surface area contributed by atoms with Crippen molar-refractivity contribution < 1.29 is 0 Å². The second-order valence-electron chi connectivity index (χ2n) is 6.54. The summed E-state index contributed by atoms with van der Waals surface area (Å²) in [5, 5.41) is 3.65. The predicted octanol–water partition coefficient (Wildman–Crippen LogP) is 4.16. The van der Waals surface area contributed by atoms with Gasteiger partial charge in [-0.1, -0.05) is 34.6 Å².